The molecule has 26 heavy (non-hydrogen) atoms. The Kier molecular flexibility index (Phi) is 5.90. The van der Waals surface area contributed by atoms with Crippen molar-refractivity contribution in [2.45, 2.75) is 6.10 Å². The molecule has 0 aromatic heterocycles. The van der Waals surface area contributed by atoms with Gasteiger partial charge in [0.1, 0.15) is 0 Å². The lowest BCUT2D eigenvalue weighted by Gasteiger charge is -2.35. The van der Waals surface area contributed by atoms with Crippen molar-refractivity contribution in [2.75, 3.05) is 38.0 Å². The summed E-state index contributed by atoms with van der Waals surface area (Å²) in [5, 5.41) is 13.2. The Morgan fingerprint density at radius 1 is 1.12 bits per heavy atom. The van der Waals surface area contributed by atoms with Gasteiger partial charge in [0.15, 0.2) is 0 Å². The largest absolute Gasteiger partial charge is 0.387 e. The SMILES string of the molecule is C#Cc1cccc(NC(=O)N2CCN(CC(O)c3ccccc3)CC2)c1. The number of benzene rings is 2. The maximum absolute atomic E-state index is 12.4. The zero-order chi connectivity index (χ0) is 18.4. The molecule has 2 aromatic rings. The molecule has 1 unspecified atom stereocenters. The van der Waals surface area contributed by atoms with Crippen molar-refractivity contribution in [3.8, 4) is 12.3 Å². The number of rotatable bonds is 4. The fraction of sp³-hybridized carbons (Fsp3) is 0.286. The van der Waals surface area contributed by atoms with Gasteiger partial charge in [0, 0.05) is 44.0 Å². The number of nitrogens with zero attached hydrogens (tertiary/aromatic N) is 2. The van der Waals surface area contributed by atoms with Crippen molar-refractivity contribution in [2.24, 2.45) is 0 Å². The minimum atomic E-state index is -0.511. The molecule has 2 amide bonds. The number of nitrogens with one attached hydrogen (secondary N) is 1. The van der Waals surface area contributed by atoms with Crippen molar-refractivity contribution < 1.29 is 9.90 Å². The quantitative estimate of drug-likeness (QED) is 0.834. The van der Waals surface area contributed by atoms with E-state index in [1.165, 1.54) is 0 Å². The lowest BCUT2D eigenvalue weighted by atomic mass is 10.1. The molecule has 5 heteroatoms. The number of piperazine rings is 1. The van der Waals surface area contributed by atoms with Gasteiger partial charge < -0.3 is 15.3 Å². The summed E-state index contributed by atoms with van der Waals surface area (Å²) < 4.78 is 0. The minimum Gasteiger partial charge on any atom is -0.387 e. The van der Waals surface area contributed by atoms with Gasteiger partial charge in [-0.1, -0.05) is 42.3 Å². The lowest BCUT2D eigenvalue weighted by molar-refractivity contribution is 0.0831. The van der Waals surface area contributed by atoms with Gasteiger partial charge in [-0.15, -0.1) is 6.42 Å². The zero-order valence-corrected chi connectivity index (χ0v) is 14.6. The third kappa shape index (κ3) is 4.63. The lowest BCUT2D eigenvalue weighted by Crippen LogP contribution is -2.50. The van der Waals surface area contributed by atoms with Crippen LogP contribution in [0.15, 0.2) is 54.6 Å². The maximum Gasteiger partial charge on any atom is 0.321 e. The van der Waals surface area contributed by atoms with Crippen molar-refractivity contribution in [3.63, 3.8) is 0 Å². The number of terminal acetylenes is 1. The Hall–Kier alpha value is -2.81. The molecule has 0 spiro atoms. The van der Waals surface area contributed by atoms with Gasteiger partial charge in [-0.25, -0.2) is 4.79 Å². The van der Waals surface area contributed by atoms with E-state index in [4.69, 9.17) is 6.42 Å². The van der Waals surface area contributed by atoms with Gasteiger partial charge in [-0.2, -0.15) is 0 Å². The molecule has 0 saturated carbocycles. The highest BCUT2D eigenvalue weighted by Gasteiger charge is 2.23. The van der Waals surface area contributed by atoms with Crippen LogP contribution in [-0.4, -0.2) is 53.7 Å². The van der Waals surface area contributed by atoms with Crippen molar-refractivity contribution in [1.29, 1.82) is 0 Å². The molecule has 3 rings (SSSR count). The Labute approximate surface area is 154 Å². The first-order valence-electron chi connectivity index (χ1n) is 8.73. The van der Waals surface area contributed by atoms with Crippen LogP contribution in [0.25, 0.3) is 0 Å². The van der Waals surface area contributed by atoms with E-state index in [0.717, 1.165) is 24.2 Å². The van der Waals surface area contributed by atoms with Crippen LogP contribution in [0.4, 0.5) is 10.5 Å². The number of hydrogen-bond donors (Lipinski definition) is 2. The molecule has 2 aromatic carbocycles. The minimum absolute atomic E-state index is 0.123. The molecule has 1 heterocycles. The standard InChI is InChI=1S/C21H23N3O2/c1-2-17-7-6-10-19(15-17)22-21(26)24-13-11-23(12-14-24)16-20(25)18-8-4-3-5-9-18/h1,3-10,15,20,25H,11-14,16H2,(H,22,26). The first-order valence-corrected chi connectivity index (χ1v) is 8.73. The van der Waals surface area contributed by atoms with E-state index in [0.29, 0.717) is 25.3 Å². The number of anilines is 1. The maximum atomic E-state index is 12.4. The number of amides is 2. The summed E-state index contributed by atoms with van der Waals surface area (Å²) in [6.45, 7) is 3.30. The van der Waals surface area contributed by atoms with E-state index >= 15 is 0 Å². The second kappa shape index (κ2) is 8.52. The van der Waals surface area contributed by atoms with E-state index in [9.17, 15) is 9.90 Å². The highest BCUT2D eigenvalue weighted by molar-refractivity contribution is 5.89. The van der Waals surface area contributed by atoms with E-state index in [-0.39, 0.29) is 6.03 Å². The summed E-state index contributed by atoms with van der Waals surface area (Å²) in [6, 6.07) is 16.8. The number of hydrogen-bond acceptors (Lipinski definition) is 3. The molecule has 134 valence electrons. The van der Waals surface area contributed by atoms with E-state index in [1.54, 1.807) is 11.0 Å². The third-order valence-corrected chi connectivity index (χ3v) is 4.56. The highest BCUT2D eigenvalue weighted by atomic mass is 16.3. The van der Waals surface area contributed by atoms with Crippen LogP contribution in [0, 0.1) is 12.3 Å². The van der Waals surface area contributed by atoms with Crippen LogP contribution in [-0.2, 0) is 0 Å². The highest BCUT2D eigenvalue weighted by Crippen LogP contribution is 2.16. The van der Waals surface area contributed by atoms with E-state index < -0.39 is 6.10 Å². The van der Waals surface area contributed by atoms with Crippen molar-refractivity contribution >= 4 is 11.7 Å². The van der Waals surface area contributed by atoms with E-state index in [2.05, 4.69) is 16.1 Å². The average Bonchev–Trinajstić information content (AvgIpc) is 2.69. The fourth-order valence-corrected chi connectivity index (χ4v) is 3.05. The summed E-state index contributed by atoms with van der Waals surface area (Å²) in [5.41, 5.74) is 2.36. The molecular formula is C21H23N3O2. The number of carbonyl (C=O) groups excluding carboxylic acids is 1. The van der Waals surface area contributed by atoms with Crippen LogP contribution in [0.3, 0.4) is 0 Å². The van der Waals surface area contributed by atoms with Gasteiger partial charge in [0.05, 0.1) is 6.10 Å². The molecule has 0 bridgehead atoms. The van der Waals surface area contributed by atoms with E-state index in [1.807, 2.05) is 48.5 Å². The first-order chi connectivity index (χ1) is 12.7. The second-order valence-electron chi connectivity index (χ2n) is 6.37. The molecule has 0 radical (unpaired) electrons. The predicted octanol–water partition coefficient (Wildman–Crippen LogP) is 2.55. The molecule has 1 atom stereocenters. The van der Waals surface area contributed by atoms with Crippen molar-refractivity contribution in [3.05, 3.63) is 65.7 Å². The topological polar surface area (TPSA) is 55.8 Å². The van der Waals surface area contributed by atoms with Gasteiger partial charge in [0.2, 0.25) is 0 Å². The molecule has 1 saturated heterocycles. The molecule has 1 fully saturated rings. The molecule has 2 N–H and O–H groups in total. The molecule has 0 aliphatic carbocycles. The molecule has 1 aliphatic heterocycles. The third-order valence-electron chi connectivity index (χ3n) is 4.56. The second-order valence-corrected chi connectivity index (χ2v) is 6.37. The van der Waals surface area contributed by atoms with Gasteiger partial charge in [-0.05, 0) is 23.8 Å². The number of urea groups is 1. The summed E-state index contributed by atoms with van der Waals surface area (Å²) in [5.74, 6) is 2.56. The molecule has 5 nitrogen and oxygen atoms in total. The average molecular weight is 349 g/mol. The summed E-state index contributed by atoms with van der Waals surface area (Å²) in [6.07, 6.45) is 4.88. The zero-order valence-electron chi connectivity index (χ0n) is 14.6. The monoisotopic (exact) mass is 349 g/mol. The Morgan fingerprint density at radius 3 is 2.54 bits per heavy atom. The smallest absolute Gasteiger partial charge is 0.321 e. The van der Waals surface area contributed by atoms with Crippen LogP contribution >= 0.6 is 0 Å². The summed E-state index contributed by atoms with van der Waals surface area (Å²) >= 11 is 0. The Bertz CT molecular complexity index is 777. The number of β-amino-alcohol motifs (C(OH)–C–C–N with tert-alkyl or cyclic N) is 1. The van der Waals surface area contributed by atoms with Gasteiger partial charge in [-0.3, -0.25) is 4.90 Å². The Balaban J connectivity index is 1.48. The number of carbonyl (C=O) groups is 1. The van der Waals surface area contributed by atoms with Gasteiger partial charge >= 0.3 is 6.03 Å². The van der Waals surface area contributed by atoms with Gasteiger partial charge in [0.25, 0.3) is 0 Å². The fourth-order valence-electron chi connectivity index (χ4n) is 3.05. The summed E-state index contributed by atoms with van der Waals surface area (Å²) in [4.78, 5) is 16.4. The van der Waals surface area contributed by atoms with Crippen molar-refractivity contribution in [1.82, 2.24) is 9.80 Å². The van der Waals surface area contributed by atoms with Crippen LogP contribution in [0.5, 0.6) is 0 Å². The van der Waals surface area contributed by atoms with Crippen LogP contribution < -0.4 is 5.32 Å². The number of aliphatic hydroxyl groups excluding tert-OH is 1. The Morgan fingerprint density at radius 2 is 1.85 bits per heavy atom. The molecule has 1 aliphatic rings. The normalized spacial score (nSPS) is 15.9. The number of aliphatic hydroxyl groups is 1. The van der Waals surface area contributed by atoms with Crippen LogP contribution in [0.2, 0.25) is 0 Å². The van der Waals surface area contributed by atoms with Crippen LogP contribution in [0.1, 0.15) is 17.2 Å². The molecular weight excluding hydrogens is 326 g/mol. The summed E-state index contributed by atoms with van der Waals surface area (Å²) in [7, 11) is 0. The first kappa shape index (κ1) is 18.0. The predicted molar refractivity (Wildman–Crippen MR) is 103 cm³/mol.